The highest BCUT2D eigenvalue weighted by atomic mass is 16.5. The minimum Gasteiger partial charge on any atom is -0.392 e. The van der Waals surface area contributed by atoms with Gasteiger partial charge in [0.05, 0.1) is 13.2 Å². The lowest BCUT2D eigenvalue weighted by atomic mass is 10.3. The maximum Gasteiger partial charge on any atom is 0.0710 e. The number of methoxy groups -OCH3 is 1. The van der Waals surface area contributed by atoms with Crippen molar-refractivity contribution < 1.29 is 9.84 Å². The molecule has 0 aromatic heterocycles. The number of aliphatic hydroxyl groups is 1. The van der Waals surface area contributed by atoms with Crippen LogP contribution in [0.4, 0.5) is 0 Å². The summed E-state index contributed by atoms with van der Waals surface area (Å²) in [5.41, 5.74) is 0.557. The van der Waals surface area contributed by atoms with Crippen LogP contribution in [0.15, 0.2) is 11.8 Å². The van der Waals surface area contributed by atoms with Gasteiger partial charge in [-0.1, -0.05) is 0 Å². The fourth-order valence-electron chi connectivity index (χ4n) is 0.497. The molecule has 4 nitrogen and oxygen atoms in total. The second-order valence-corrected chi connectivity index (χ2v) is 1.97. The predicted molar refractivity (Wildman–Crippen MR) is 43.8 cm³/mol. The zero-order chi connectivity index (χ0) is 8.53. The Kier molecular flexibility index (Phi) is 6.67. The van der Waals surface area contributed by atoms with Gasteiger partial charge < -0.3 is 20.6 Å². The van der Waals surface area contributed by atoms with Crippen LogP contribution < -0.4 is 5.32 Å². The van der Waals surface area contributed by atoms with Gasteiger partial charge in [-0.2, -0.15) is 0 Å². The van der Waals surface area contributed by atoms with Gasteiger partial charge >= 0.3 is 0 Å². The number of nitrogens with one attached hydrogen (secondary N) is 2. The standard InChI is InChI=1S/C7H14N2O2/c1-11-3-2-9-5-7(4-8)6-10/h4-5,8-10H,2-3,6H2,1H3/b7-5+,8-4?. The molecular weight excluding hydrogens is 144 g/mol. The Morgan fingerprint density at radius 2 is 2.45 bits per heavy atom. The SMILES string of the molecule is COCCN/C=C(\C=N)CO. The summed E-state index contributed by atoms with van der Waals surface area (Å²) in [6, 6.07) is 0. The van der Waals surface area contributed by atoms with E-state index in [1.54, 1.807) is 13.3 Å². The maximum absolute atomic E-state index is 8.59. The highest BCUT2D eigenvalue weighted by molar-refractivity contribution is 5.75. The number of hydrogen-bond donors (Lipinski definition) is 3. The van der Waals surface area contributed by atoms with E-state index in [-0.39, 0.29) is 6.61 Å². The van der Waals surface area contributed by atoms with Crippen molar-refractivity contribution in [1.82, 2.24) is 5.32 Å². The van der Waals surface area contributed by atoms with E-state index in [9.17, 15) is 0 Å². The van der Waals surface area contributed by atoms with Gasteiger partial charge in [0.2, 0.25) is 0 Å². The van der Waals surface area contributed by atoms with E-state index in [2.05, 4.69) is 5.32 Å². The third kappa shape index (κ3) is 5.57. The summed E-state index contributed by atoms with van der Waals surface area (Å²) < 4.78 is 4.78. The molecule has 0 fully saturated rings. The molecule has 0 atom stereocenters. The van der Waals surface area contributed by atoms with Crippen molar-refractivity contribution in [2.45, 2.75) is 0 Å². The molecule has 0 spiro atoms. The summed E-state index contributed by atoms with van der Waals surface area (Å²) in [6.07, 6.45) is 2.71. The van der Waals surface area contributed by atoms with Crippen molar-refractivity contribution in [3.05, 3.63) is 11.8 Å². The van der Waals surface area contributed by atoms with E-state index in [4.69, 9.17) is 15.3 Å². The van der Waals surface area contributed by atoms with Crippen LogP contribution >= 0.6 is 0 Å². The summed E-state index contributed by atoms with van der Waals surface area (Å²) in [4.78, 5) is 0. The van der Waals surface area contributed by atoms with Crippen LogP contribution in [0.5, 0.6) is 0 Å². The Morgan fingerprint density at radius 3 is 2.91 bits per heavy atom. The maximum atomic E-state index is 8.59. The molecule has 0 rings (SSSR count). The van der Waals surface area contributed by atoms with Crippen LogP contribution in [0, 0.1) is 5.41 Å². The summed E-state index contributed by atoms with van der Waals surface area (Å²) >= 11 is 0. The first-order valence-electron chi connectivity index (χ1n) is 3.37. The lowest BCUT2D eigenvalue weighted by Gasteiger charge is -2.00. The zero-order valence-electron chi connectivity index (χ0n) is 6.63. The predicted octanol–water partition coefficient (Wildman–Crippen LogP) is -0.252. The zero-order valence-corrected chi connectivity index (χ0v) is 6.63. The number of rotatable bonds is 6. The molecule has 0 aromatic rings. The molecule has 0 unspecified atom stereocenters. The molecular formula is C7H14N2O2. The average Bonchev–Trinajstić information content (AvgIpc) is 2.05. The van der Waals surface area contributed by atoms with Crippen molar-refractivity contribution in [1.29, 1.82) is 5.41 Å². The fraction of sp³-hybridized carbons (Fsp3) is 0.571. The van der Waals surface area contributed by atoms with Gasteiger partial charge in [0.25, 0.3) is 0 Å². The van der Waals surface area contributed by atoms with Crippen LogP contribution in [-0.2, 0) is 4.74 Å². The monoisotopic (exact) mass is 158 g/mol. The van der Waals surface area contributed by atoms with E-state index < -0.39 is 0 Å². The van der Waals surface area contributed by atoms with Crippen molar-refractivity contribution in [2.24, 2.45) is 0 Å². The Bertz CT molecular complexity index is 134. The third-order valence-electron chi connectivity index (χ3n) is 1.11. The lowest BCUT2D eigenvalue weighted by Crippen LogP contribution is -2.14. The molecule has 0 amide bonds. The van der Waals surface area contributed by atoms with Crippen molar-refractivity contribution in [3.63, 3.8) is 0 Å². The van der Waals surface area contributed by atoms with Crippen molar-refractivity contribution in [2.75, 3.05) is 26.9 Å². The first kappa shape index (κ1) is 10.1. The highest BCUT2D eigenvalue weighted by Gasteiger charge is 1.86. The third-order valence-corrected chi connectivity index (χ3v) is 1.11. The summed E-state index contributed by atoms with van der Waals surface area (Å²) in [7, 11) is 1.62. The average molecular weight is 158 g/mol. The normalized spacial score (nSPS) is 11.3. The molecule has 11 heavy (non-hydrogen) atoms. The molecule has 0 aliphatic carbocycles. The van der Waals surface area contributed by atoms with Crippen molar-refractivity contribution in [3.8, 4) is 0 Å². The summed E-state index contributed by atoms with van der Waals surface area (Å²) in [5.74, 6) is 0. The van der Waals surface area contributed by atoms with Gasteiger partial charge in [0, 0.05) is 31.6 Å². The number of ether oxygens (including phenoxy) is 1. The largest absolute Gasteiger partial charge is 0.392 e. The van der Waals surface area contributed by atoms with E-state index in [0.29, 0.717) is 18.7 Å². The molecule has 0 saturated carbocycles. The van der Waals surface area contributed by atoms with Crippen LogP contribution in [-0.4, -0.2) is 38.2 Å². The van der Waals surface area contributed by atoms with Gasteiger partial charge in [-0.15, -0.1) is 0 Å². The topological polar surface area (TPSA) is 65.3 Å². The van der Waals surface area contributed by atoms with E-state index in [0.717, 1.165) is 6.21 Å². The van der Waals surface area contributed by atoms with Crippen LogP contribution in [0.2, 0.25) is 0 Å². The minimum atomic E-state index is -0.108. The second-order valence-electron chi connectivity index (χ2n) is 1.97. The molecule has 0 aromatic carbocycles. The molecule has 0 radical (unpaired) electrons. The van der Waals surface area contributed by atoms with Gasteiger partial charge in [-0.3, -0.25) is 0 Å². The molecule has 0 aliphatic rings. The number of hydrogen-bond acceptors (Lipinski definition) is 4. The molecule has 64 valence electrons. The summed E-state index contributed by atoms with van der Waals surface area (Å²) in [6.45, 7) is 1.20. The minimum absolute atomic E-state index is 0.108. The van der Waals surface area contributed by atoms with E-state index in [1.165, 1.54) is 0 Å². The fourth-order valence-corrected chi connectivity index (χ4v) is 0.497. The van der Waals surface area contributed by atoms with Crippen LogP contribution in [0.3, 0.4) is 0 Å². The second kappa shape index (κ2) is 7.24. The smallest absolute Gasteiger partial charge is 0.0710 e. The molecule has 3 N–H and O–H groups in total. The van der Waals surface area contributed by atoms with Gasteiger partial charge in [0.1, 0.15) is 0 Å². The Morgan fingerprint density at radius 1 is 1.73 bits per heavy atom. The molecule has 0 aliphatic heterocycles. The van der Waals surface area contributed by atoms with Gasteiger partial charge in [-0.05, 0) is 0 Å². The highest BCUT2D eigenvalue weighted by Crippen LogP contribution is 1.82. The number of aliphatic hydroxyl groups excluding tert-OH is 1. The molecule has 0 heterocycles. The van der Waals surface area contributed by atoms with Crippen LogP contribution in [0.25, 0.3) is 0 Å². The molecule has 4 heteroatoms. The molecule has 0 bridgehead atoms. The molecule has 0 saturated heterocycles. The van der Waals surface area contributed by atoms with E-state index in [1.807, 2.05) is 0 Å². The Labute approximate surface area is 66.4 Å². The lowest BCUT2D eigenvalue weighted by molar-refractivity contribution is 0.202. The first-order valence-corrected chi connectivity index (χ1v) is 3.37. The quantitative estimate of drug-likeness (QED) is 0.369. The van der Waals surface area contributed by atoms with Crippen molar-refractivity contribution >= 4 is 6.21 Å². The van der Waals surface area contributed by atoms with Crippen LogP contribution in [0.1, 0.15) is 0 Å². The Hall–Kier alpha value is -0.870. The van der Waals surface area contributed by atoms with Gasteiger partial charge in [0.15, 0.2) is 0 Å². The first-order chi connectivity index (χ1) is 5.35. The Balaban J connectivity index is 3.44. The van der Waals surface area contributed by atoms with E-state index >= 15 is 0 Å². The van der Waals surface area contributed by atoms with Gasteiger partial charge in [-0.25, -0.2) is 0 Å². The summed E-state index contributed by atoms with van der Waals surface area (Å²) in [5, 5.41) is 18.3.